The molecule has 114 valence electrons. The molecule has 1 aromatic carbocycles. The predicted molar refractivity (Wildman–Crippen MR) is 80.2 cm³/mol. The number of hydrogen-bond donors (Lipinski definition) is 1. The minimum atomic E-state index is 0.458. The minimum absolute atomic E-state index is 0.458. The first kappa shape index (κ1) is 14.3. The van der Waals surface area contributed by atoms with E-state index in [4.69, 9.17) is 31.5 Å². The molecule has 3 rings (SSSR count). The summed E-state index contributed by atoms with van der Waals surface area (Å²) in [6, 6.07) is 3.74. The molecule has 2 aliphatic rings. The fraction of sp³-hybridized carbons (Fsp3) is 0.500. The van der Waals surface area contributed by atoms with Crippen LogP contribution in [0.4, 0.5) is 0 Å². The summed E-state index contributed by atoms with van der Waals surface area (Å²) in [4.78, 5) is 6.43. The monoisotopic (exact) mass is 311 g/mol. The number of ether oxygens (including phenoxy) is 3. The van der Waals surface area contributed by atoms with E-state index in [2.05, 4.69) is 4.99 Å². The zero-order chi connectivity index (χ0) is 14.7. The molecule has 2 aliphatic heterocycles. The van der Waals surface area contributed by atoms with Crippen molar-refractivity contribution in [2.45, 2.75) is 6.54 Å². The molecule has 21 heavy (non-hydrogen) atoms. The van der Waals surface area contributed by atoms with Crippen LogP contribution < -0.4 is 15.2 Å². The van der Waals surface area contributed by atoms with Gasteiger partial charge in [0.2, 0.25) is 0 Å². The van der Waals surface area contributed by atoms with Crippen molar-refractivity contribution in [2.75, 3.05) is 39.5 Å². The van der Waals surface area contributed by atoms with Crippen LogP contribution in [0.1, 0.15) is 5.56 Å². The third-order valence-electron chi connectivity index (χ3n) is 3.42. The molecule has 0 aromatic heterocycles. The molecule has 0 saturated carbocycles. The van der Waals surface area contributed by atoms with Gasteiger partial charge >= 0.3 is 0 Å². The Labute approximate surface area is 128 Å². The topological polar surface area (TPSA) is 69.3 Å². The van der Waals surface area contributed by atoms with Crippen molar-refractivity contribution in [1.82, 2.24) is 4.90 Å². The van der Waals surface area contributed by atoms with Gasteiger partial charge in [-0.25, -0.2) is 4.99 Å². The average molecular weight is 312 g/mol. The van der Waals surface area contributed by atoms with Gasteiger partial charge < -0.3 is 24.8 Å². The fourth-order valence-electron chi connectivity index (χ4n) is 2.32. The molecular formula is C14H18ClN3O3. The zero-order valence-corrected chi connectivity index (χ0v) is 12.4. The summed E-state index contributed by atoms with van der Waals surface area (Å²) >= 11 is 6.20. The minimum Gasteiger partial charge on any atom is -0.486 e. The van der Waals surface area contributed by atoms with Crippen LogP contribution in [0.15, 0.2) is 17.1 Å². The van der Waals surface area contributed by atoms with E-state index < -0.39 is 0 Å². The van der Waals surface area contributed by atoms with Crippen molar-refractivity contribution in [3.05, 3.63) is 22.7 Å². The molecule has 1 aromatic rings. The molecule has 0 atom stereocenters. The van der Waals surface area contributed by atoms with E-state index in [9.17, 15) is 0 Å². The standard InChI is InChI=1S/C14H18ClN3O3/c15-11-7-10(8-12-13(11)21-6-5-20-12)9-17-14(16)18-1-3-19-4-2-18/h7-8H,1-6,9H2,(H2,16,17). The summed E-state index contributed by atoms with van der Waals surface area (Å²) in [6.07, 6.45) is 0. The molecule has 0 radical (unpaired) electrons. The molecule has 0 amide bonds. The molecule has 2 N–H and O–H groups in total. The highest BCUT2D eigenvalue weighted by molar-refractivity contribution is 6.32. The number of nitrogens with two attached hydrogens (primary N) is 1. The maximum absolute atomic E-state index is 6.20. The Morgan fingerprint density at radius 3 is 2.76 bits per heavy atom. The normalized spacial score (nSPS) is 18.7. The summed E-state index contributed by atoms with van der Waals surface area (Å²) in [6.45, 7) is 4.44. The highest BCUT2D eigenvalue weighted by Crippen LogP contribution is 2.38. The quantitative estimate of drug-likeness (QED) is 0.658. The van der Waals surface area contributed by atoms with Gasteiger partial charge in [-0.1, -0.05) is 11.6 Å². The van der Waals surface area contributed by atoms with E-state index in [1.807, 2.05) is 17.0 Å². The molecule has 0 spiro atoms. The van der Waals surface area contributed by atoms with Crippen LogP contribution in [0.5, 0.6) is 11.5 Å². The molecule has 1 fully saturated rings. The van der Waals surface area contributed by atoms with Crippen LogP contribution in [-0.4, -0.2) is 50.4 Å². The summed E-state index contributed by atoms with van der Waals surface area (Å²) in [5.74, 6) is 1.81. The van der Waals surface area contributed by atoms with Crippen LogP contribution in [0.25, 0.3) is 0 Å². The second-order valence-electron chi connectivity index (χ2n) is 4.88. The second-order valence-corrected chi connectivity index (χ2v) is 5.28. The summed E-state index contributed by atoms with van der Waals surface area (Å²) < 4.78 is 16.3. The van der Waals surface area contributed by atoms with E-state index in [1.165, 1.54) is 0 Å². The Balaban J connectivity index is 1.71. The Morgan fingerprint density at radius 1 is 1.19 bits per heavy atom. The second kappa shape index (κ2) is 6.41. The first-order valence-corrected chi connectivity index (χ1v) is 7.32. The first-order valence-electron chi connectivity index (χ1n) is 6.94. The van der Waals surface area contributed by atoms with Crippen LogP contribution in [-0.2, 0) is 11.3 Å². The zero-order valence-electron chi connectivity index (χ0n) is 11.7. The van der Waals surface area contributed by atoms with Crippen LogP contribution in [0, 0.1) is 0 Å². The smallest absolute Gasteiger partial charge is 0.191 e. The van der Waals surface area contributed by atoms with Crippen molar-refractivity contribution in [2.24, 2.45) is 10.7 Å². The van der Waals surface area contributed by atoms with Crippen molar-refractivity contribution < 1.29 is 14.2 Å². The summed E-state index contributed by atoms with van der Waals surface area (Å²) in [7, 11) is 0. The lowest BCUT2D eigenvalue weighted by Gasteiger charge is -2.27. The SMILES string of the molecule is NC(=NCc1cc(Cl)c2c(c1)OCCO2)N1CCOCC1. The van der Waals surface area contributed by atoms with Gasteiger partial charge in [0.05, 0.1) is 24.8 Å². The van der Waals surface area contributed by atoms with Gasteiger partial charge in [-0.2, -0.15) is 0 Å². The fourth-order valence-corrected chi connectivity index (χ4v) is 2.61. The van der Waals surface area contributed by atoms with E-state index >= 15 is 0 Å². The summed E-state index contributed by atoms with van der Waals surface area (Å²) in [5.41, 5.74) is 6.95. The van der Waals surface area contributed by atoms with Gasteiger partial charge in [0.15, 0.2) is 17.5 Å². The molecular weight excluding hydrogens is 294 g/mol. The van der Waals surface area contributed by atoms with E-state index in [-0.39, 0.29) is 0 Å². The highest BCUT2D eigenvalue weighted by atomic mass is 35.5. The lowest BCUT2D eigenvalue weighted by molar-refractivity contribution is 0.0674. The Kier molecular flexibility index (Phi) is 4.36. The number of fused-ring (bicyclic) bond motifs is 1. The molecule has 2 heterocycles. The number of aliphatic imine (C=N–C) groups is 1. The molecule has 0 bridgehead atoms. The van der Waals surface area contributed by atoms with Gasteiger partial charge in [0.1, 0.15) is 13.2 Å². The summed E-state index contributed by atoms with van der Waals surface area (Å²) in [5, 5.41) is 0.544. The highest BCUT2D eigenvalue weighted by Gasteiger charge is 2.17. The van der Waals surface area contributed by atoms with Crippen LogP contribution in [0.2, 0.25) is 5.02 Å². The lowest BCUT2D eigenvalue weighted by Crippen LogP contribution is -2.44. The first-order chi connectivity index (χ1) is 10.2. The van der Waals surface area contributed by atoms with Gasteiger partial charge in [-0.05, 0) is 17.7 Å². The van der Waals surface area contributed by atoms with Crippen molar-refractivity contribution in [1.29, 1.82) is 0 Å². The molecule has 6 nitrogen and oxygen atoms in total. The van der Waals surface area contributed by atoms with E-state index in [0.29, 0.717) is 55.5 Å². The lowest BCUT2D eigenvalue weighted by atomic mass is 10.2. The molecule has 0 unspecified atom stereocenters. The maximum atomic E-state index is 6.20. The van der Waals surface area contributed by atoms with Gasteiger partial charge in [-0.3, -0.25) is 0 Å². The van der Waals surface area contributed by atoms with Crippen molar-refractivity contribution in [3.63, 3.8) is 0 Å². The number of nitrogens with zero attached hydrogens (tertiary/aromatic N) is 2. The van der Waals surface area contributed by atoms with E-state index in [0.717, 1.165) is 18.7 Å². The van der Waals surface area contributed by atoms with Crippen LogP contribution >= 0.6 is 11.6 Å². The van der Waals surface area contributed by atoms with Crippen molar-refractivity contribution >= 4 is 17.6 Å². The van der Waals surface area contributed by atoms with Gasteiger partial charge in [0, 0.05) is 13.1 Å². The largest absolute Gasteiger partial charge is 0.486 e. The third-order valence-corrected chi connectivity index (χ3v) is 3.70. The third kappa shape index (κ3) is 3.33. The number of morpholine rings is 1. The Hall–Kier alpha value is -1.66. The number of hydrogen-bond acceptors (Lipinski definition) is 4. The number of benzene rings is 1. The van der Waals surface area contributed by atoms with Crippen LogP contribution in [0.3, 0.4) is 0 Å². The van der Waals surface area contributed by atoms with Gasteiger partial charge in [0.25, 0.3) is 0 Å². The predicted octanol–water partition coefficient (Wildman–Crippen LogP) is 1.26. The van der Waals surface area contributed by atoms with Gasteiger partial charge in [-0.15, -0.1) is 0 Å². The molecule has 0 aliphatic carbocycles. The number of rotatable bonds is 2. The van der Waals surface area contributed by atoms with Crippen molar-refractivity contribution in [3.8, 4) is 11.5 Å². The molecule has 7 heteroatoms. The Bertz CT molecular complexity index is 545. The Morgan fingerprint density at radius 2 is 1.95 bits per heavy atom. The number of guanidine groups is 1. The maximum Gasteiger partial charge on any atom is 0.191 e. The number of halogens is 1. The molecule has 1 saturated heterocycles. The average Bonchev–Trinajstić information content (AvgIpc) is 2.53. The van der Waals surface area contributed by atoms with E-state index in [1.54, 1.807) is 0 Å².